The summed E-state index contributed by atoms with van der Waals surface area (Å²) < 4.78 is 5.86. The first-order valence-electron chi connectivity index (χ1n) is 4.11. The maximum Gasteiger partial charge on any atom is 0.307 e. The van der Waals surface area contributed by atoms with Gasteiger partial charge in [0.25, 0.3) is 0 Å². The van der Waals surface area contributed by atoms with Gasteiger partial charge in [-0.2, -0.15) is 0 Å². The first-order valence-corrected chi connectivity index (χ1v) is 4.91. The zero-order chi connectivity index (χ0) is 10.6. The van der Waals surface area contributed by atoms with Crippen LogP contribution in [0.25, 0.3) is 0 Å². The Hall–Kier alpha value is -0.870. The fourth-order valence-corrected chi connectivity index (χ4v) is 1.63. The largest absolute Gasteiger partial charge is 0.481 e. The molecule has 1 rings (SSSR count). The molecule has 0 spiro atoms. The molecule has 0 heterocycles. The molecule has 0 aromatic heterocycles. The Bertz CT molecular complexity index is 336. The maximum atomic E-state index is 10.6. The van der Waals surface area contributed by atoms with Gasteiger partial charge in [0.15, 0.2) is 0 Å². The van der Waals surface area contributed by atoms with Crippen molar-refractivity contribution in [2.75, 3.05) is 7.11 Å². The highest BCUT2D eigenvalue weighted by Crippen LogP contribution is 2.18. The third-order valence-electron chi connectivity index (χ3n) is 1.81. The molecule has 1 aromatic rings. The summed E-state index contributed by atoms with van der Waals surface area (Å²) in [6.07, 6.45) is 0.0259. The highest BCUT2D eigenvalue weighted by atomic mass is 79.9. The van der Waals surface area contributed by atoms with Crippen molar-refractivity contribution in [1.82, 2.24) is 0 Å². The third-order valence-corrected chi connectivity index (χ3v) is 2.30. The lowest BCUT2D eigenvalue weighted by atomic mass is 10.1. The lowest BCUT2D eigenvalue weighted by Crippen LogP contribution is -2.04. The van der Waals surface area contributed by atoms with Crippen molar-refractivity contribution in [3.05, 3.63) is 33.8 Å². The van der Waals surface area contributed by atoms with Crippen molar-refractivity contribution < 1.29 is 14.6 Å². The van der Waals surface area contributed by atoms with Crippen LogP contribution < -0.4 is 0 Å². The number of aliphatic carboxylic acids is 1. The molecule has 0 aliphatic heterocycles. The second-order valence-electron chi connectivity index (χ2n) is 2.92. The number of carboxylic acid groups (broad SMARTS) is 1. The van der Waals surface area contributed by atoms with Gasteiger partial charge < -0.3 is 9.84 Å². The number of halogens is 1. The Balaban J connectivity index is 2.96. The van der Waals surface area contributed by atoms with Gasteiger partial charge in [-0.05, 0) is 23.3 Å². The van der Waals surface area contributed by atoms with Crippen molar-refractivity contribution in [2.24, 2.45) is 0 Å². The zero-order valence-electron chi connectivity index (χ0n) is 7.79. The molecule has 0 unspecified atom stereocenters. The molecule has 1 aromatic carbocycles. The predicted octanol–water partition coefficient (Wildman–Crippen LogP) is 2.22. The van der Waals surface area contributed by atoms with Gasteiger partial charge in [-0.3, -0.25) is 4.79 Å². The van der Waals surface area contributed by atoms with Gasteiger partial charge in [-0.15, -0.1) is 0 Å². The van der Waals surface area contributed by atoms with Crippen LogP contribution in [0.15, 0.2) is 22.7 Å². The van der Waals surface area contributed by atoms with E-state index in [2.05, 4.69) is 15.9 Å². The average molecular weight is 259 g/mol. The van der Waals surface area contributed by atoms with E-state index in [0.29, 0.717) is 6.61 Å². The van der Waals surface area contributed by atoms with Crippen LogP contribution in [0.4, 0.5) is 0 Å². The summed E-state index contributed by atoms with van der Waals surface area (Å²) in [6.45, 7) is 0.440. The van der Waals surface area contributed by atoms with Crippen LogP contribution >= 0.6 is 15.9 Å². The molecule has 0 aliphatic carbocycles. The Morgan fingerprint density at radius 1 is 1.50 bits per heavy atom. The minimum absolute atomic E-state index is 0.0259. The Kier molecular flexibility index (Phi) is 4.10. The van der Waals surface area contributed by atoms with Crippen LogP contribution in [0, 0.1) is 0 Å². The summed E-state index contributed by atoms with van der Waals surface area (Å²) in [5.74, 6) is -0.833. The standard InChI is InChI=1S/C10H11BrO3/c1-14-6-7-2-3-9(11)4-8(7)5-10(12)13/h2-4H,5-6H2,1H3,(H,12,13). The molecule has 0 saturated carbocycles. The molecular weight excluding hydrogens is 248 g/mol. The molecule has 0 amide bonds. The second kappa shape index (κ2) is 5.12. The number of carboxylic acids is 1. The van der Waals surface area contributed by atoms with Gasteiger partial charge in [0.05, 0.1) is 13.0 Å². The van der Waals surface area contributed by atoms with Crippen LogP contribution in [0.1, 0.15) is 11.1 Å². The number of carbonyl (C=O) groups is 1. The van der Waals surface area contributed by atoms with E-state index >= 15 is 0 Å². The quantitative estimate of drug-likeness (QED) is 0.901. The molecule has 0 bridgehead atoms. The number of rotatable bonds is 4. The maximum absolute atomic E-state index is 10.6. The molecule has 0 radical (unpaired) electrons. The van der Waals surface area contributed by atoms with Crippen LogP contribution in [0.2, 0.25) is 0 Å². The van der Waals surface area contributed by atoms with E-state index in [9.17, 15) is 4.79 Å². The van der Waals surface area contributed by atoms with E-state index < -0.39 is 5.97 Å². The van der Waals surface area contributed by atoms with Gasteiger partial charge in [-0.25, -0.2) is 0 Å². The summed E-state index contributed by atoms with van der Waals surface area (Å²) in [5, 5.41) is 8.69. The summed E-state index contributed by atoms with van der Waals surface area (Å²) in [5.41, 5.74) is 1.70. The molecule has 0 saturated heterocycles. The van der Waals surface area contributed by atoms with E-state index in [0.717, 1.165) is 15.6 Å². The molecule has 0 fully saturated rings. The topological polar surface area (TPSA) is 46.5 Å². The summed E-state index contributed by atoms with van der Waals surface area (Å²) in [7, 11) is 1.59. The van der Waals surface area contributed by atoms with Gasteiger partial charge in [0.2, 0.25) is 0 Å². The van der Waals surface area contributed by atoms with Crippen molar-refractivity contribution in [3.63, 3.8) is 0 Å². The van der Waals surface area contributed by atoms with Crippen molar-refractivity contribution in [3.8, 4) is 0 Å². The van der Waals surface area contributed by atoms with Crippen molar-refractivity contribution in [1.29, 1.82) is 0 Å². The highest BCUT2D eigenvalue weighted by molar-refractivity contribution is 9.10. The minimum Gasteiger partial charge on any atom is -0.481 e. The molecule has 14 heavy (non-hydrogen) atoms. The second-order valence-corrected chi connectivity index (χ2v) is 3.83. The average Bonchev–Trinajstić information content (AvgIpc) is 2.09. The number of benzene rings is 1. The number of ether oxygens (including phenoxy) is 1. The SMILES string of the molecule is COCc1ccc(Br)cc1CC(=O)O. The Morgan fingerprint density at radius 2 is 2.21 bits per heavy atom. The van der Waals surface area contributed by atoms with E-state index in [1.807, 2.05) is 18.2 Å². The molecule has 3 nitrogen and oxygen atoms in total. The Morgan fingerprint density at radius 3 is 2.79 bits per heavy atom. The van der Waals surface area contributed by atoms with Crippen LogP contribution in [-0.4, -0.2) is 18.2 Å². The van der Waals surface area contributed by atoms with E-state index in [1.165, 1.54) is 0 Å². The lowest BCUT2D eigenvalue weighted by Gasteiger charge is -2.07. The monoisotopic (exact) mass is 258 g/mol. The van der Waals surface area contributed by atoms with Gasteiger partial charge >= 0.3 is 5.97 Å². The minimum atomic E-state index is -0.833. The first-order chi connectivity index (χ1) is 6.63. The zero-order valence-corrected chi connectivity index (χ0v) is 9.37. The molecule has 76 valence electrons. The Labute approximate surface area is 90.8 Å². The summed E-state index contributed by atoms with van der Waals surface area (Å²) >= 11 is 3.30. The number of methoxy groups -OCH3 is 1. The van der Waals surface area contributed by atoms with Crippen molar-refractivity contribution >= 4 is 21.9 Å². The van der Waals surface area contributed by atoms with Crippen molar-refractivity contribution in [2.45, 2.75) is 13.0 Å². The normalized spacial score (nSPS) is 10.1. The smallest absolute Gasteiger partial charge is 0.307 e. The van der Waals surface area contributed by atoms with Crippen LogP contribution in [0.5, 0.6) is 0 Å². The van der Waals surface area contributed by atoms with E-state index in [1.54, 1.807) is 7.11 Å². The summed E-state index contributed by atoms with van der Waals surface area (Å²) in [6, 6.07) is 5.55. The molecule has 4 heteroatoms. The first kappa shape index (κ1) is 11.2. The van der Waals surface area contributed by atoms with Crippen LogP contribution in [0.3, 0.4) is 0 Å². The summed E-state index contributed by atoms with van der Waals surface area (Å²) in [4.78, 5) is 10.6. The van der Waals surface area contributed by atoms with E-state index in [4.69, 9.17) is 9.84 Å². The molecule has 0 aliphatic rings. The van der Waals surface area contributed by atoms with Gasteiger partial charge in [0, 0.05) is 11.6 Å². The van der Waals surface area contributed by atoms with Crippen LogP contribution in [-0.2, 0) is 22.6 Å². The molecule has 1 N–H and O–H groups in total. The fourth-order valence-electron chi connectivity index (χ4n) is 1.22. The lowest BCUT2D eigenvalue weighted by molar-refractivity contribution is -0.136. The molecule has 0 atom stereocenters. The van der Waals surface area contributed by atoms with Gasteiger partial charge in [-0.1, -0.05) is 22.0 Å². The van der Waals surface area contributed by atoms with E-state index in [-0.39, 0.29) is 6.42 Å². The number of hydrogen-bond acceptors (Lipinski definition) is 2. The van der Waals surface area contributed by atoms with Gasteiger partial charge in [0.1, 0.15) is 0 Å². The molecular formula is C10H11BrO3. The fraction of sp³-hybridized carbons (Fsp3) is 0.300. The highest BCUT2D eigenvalue weighted by Gasteiger charge is 2.07. The third kappa shape index (κ3) is 3.12. The predicted molar refractivity (Wildman–Crippen MR) is 56.2 cm³/mol. The number of hydrogen-bond donors (Lipinski definition) is 1.